The minimum atomic E-state index is -3.33. The lowest BCUT2D eigenvalue weighted by molar-refractivity contribution is 0.502. The quantitative estimate of drug-likeness (QED) is 0.838. The van der Waals surface area contributed by atoms with E-state index in [2.05, 4.69) is 16.6 Å². The first-order chi connectivity index (χ1) is 8.88. The van der Waals surface area contributed by atoms with E-state index in [0.717, 1.165) is 30.3 Å². The van der Waals surface area contributed by atoms with E-state index >= 15 is 0 Å². The molecule has 108 valence electrons. The Morgan fingerprint density at radius 1 is 1.32 bits per heavy atom. The summed E-state index contributed by atoms with van der Waals surface area (Å²) in [5.74, 6) is 0.865. The number of nitrogens with zero attached hydrogens (tertiary/aromatic N) is 1. The number of aromatic nitrogens is 1. The number of anilines is 2. The van der Waals surface area contributed by atoms with Crippen LogP contribution in [0.5, 0.6) is 0 Å². The van der Waals surface area contributed by atoms with Crippen LogP contribution in [0.4, 0.5) is 10.8 Å². The fourth-order valence-electron chi connectivity index (χ4n) is 2.56. The zero-order chi connectivity index (χ0) is 14.0. The standard InChI is InChI=1S/C12H21N3O2S2/c1-8-4-3-5-9(7-6-8)14-12-10(19(2,16)17)11(13)15-18-12/h8-9,14H,3-7H2,1-2H3,(H2,13,15). The first-order valence-corrected chi connectivity index (χ1v) is 9.26. The maximum atomic E-state index is 11.7. The van der Waals surface area contributed by atoms with E-state index in [1.165, 1.54) is 25.5 Å². The van der Waals surface area contributed by atoms with Gasteiger partial charge >= 0.3 is 0 Å². The summed E-state index contributed by atoms with van der Waals surface area (Å²) in [6.45, 7) is 2.27. The van der Waals surface area contributed by atoms with E-state index in [1.54, 1.807) is 0 Å². The number of sulfone groups is 1. The van der Waals surface area contributed by atoms with Gasteiger partial charge in [-0.3, -0.25) is 0 Å². The van der Waals surface area contributed by atoms with Crippen LogP contribution in [0.3, 0.4) is 0 Å². The molecule has 0 aliphatic heterocycles. The Balaban J connectivity index is 2.15. The second-order valence-corrected chi connectivity index (χ2v) is 8.18. The highest BCUT2D eigenvalue weighted by Crippen LogP contribution is 2.34. The average molecular weight is 303 g/mol. The topological polar surface area (TPSA) is 85.1 Å². The largest absolute Gasteiger partial charge is 0.382 e. The Morgan fingerprint density at radius 2 is 2.05 bits per heavy atom. The lowest BCUT2D eigenvalue weighted by atomic mass is 10.0. The highest BCUT2D eigenvalue weighted by Gasteiger charge is 2.24. The molecule has 2 atom stereocenters. The summed E-state index contributed by atoms with van der Waals surface area (Å²) < 4.78 is 27.5. The van der Waals surface area contributed by atoms with Crippen molar-refractivity contribution in [2.45, 2.75) is 50.0 Å². The van der Waals surface area contributed by atoms with Crippen LogP contribution in [-0.4, -0.2) is 25.1 Å². The Morgan fingerprint density at radius 3 is 2.74 bits per heavy atom. The second kappa shape index (κ2) is 5.66. The van der Waals surface area contributed by atoms with Crippen molar-refractivity contribution < 1.29 is 8.42 Å². The van der Waals surface area contributed by atoms with E-state index in [-0.39, 0.29) is 10.7 Å². The smallest absolute Gasteiger partial charge is 0.182 e. The lowest BCUT2D eigenvalue weighted by Crippen LogP contribution is -2.19. The molecule has 1 aliphatic carbocycles. The van der Waals surface area contributed by atoms with Gasteiger partial charge in [-0.2, -0.15) is 4.37 Å². The highest BCUT2D eigenvalue weighted by molar-refractivity contribution is 7.91. The molecule has 1 aliphatic rings. The molecule has 2 rings (SSSR count). The van der Waals surface area contributed by atoms with Crippen LogP contribution >= 0.6 is 11.5 Å². The Kier molecular flexibility index (Phi) is 4.35. The van der Waals surface area contributed by atoms with Gasteiger partial charge in [0.2, 0.25) is 0 Å². The number of rotatable bonds is 3. The monoisotopic (exact) mass is 303 g/mol. The number of hydrogen-bond acceptors (Lipinski definition) is 6. The zero-order valence-corrected chi connectivity index (χ0v) is 13.0. The molecule has 1 aromatic rings. The van der Waals surface area contributed by atoms with E-state index in [0.29, 0.717) is 11.0 Å². The van der Waals surface area contributed by atoms with Gasteiger partial charge < -0.3 is 11.1 Å². The summed E-state index contributed by atoms with van der Waals surface area (Å²) in [5, 5.41) is 3.93. The fourth-order valence-corrected chi connectivity index (χ4v) is 4.69. The van der Waals surface area contributed by atoms with Gasteiger partial charge in [-0.15, -0.1) is 0 Å². The number of nitrogen functional groups attached to an aromatic ring is 1. The molecule has 0 amide bonds. The molecular weight excluding hydrogens is 282 g/mol. The van der Waals surface area contributed by atoms with E-state index in [9.17, 15) is 8.42 Å². The highest BCUT2D eigenvalue weighted by atomic mass is 32.2. The average Bonchev–Trinajstić information content (AvgIpc) is 2.54. The Hall–Kier alpha value is -0.820. The summed E-state index contributed by atoms with van der Waals surface area (Å²) in [5.41, 5.74) is 5.67. The third-order valence-corrected chi connectivity index (χ3v) is 5.71. The van der Waals surface area contributed by atoms with Crippen molar-refractivity contribution in [2.75, 3.05) is 17.3 Å². The fraction of sp³-hybridized carbons (Fsp3) is 0.750. The maximum Gasteiger partial charge on any atom is 0.182 e. The van der Waals surface area contributed by atoms with Gasteiger partial charge in [-0.25, -0.2) is 8.42 Å². The molecule has 0 spiro atoms. The van der Waals surface area contributed by atoms with E-state index in [1.807, 2.05) is 0 Å². The van der Waals surface area contributed by atoms with Crippen molar-refractivity contribution in [1.82, 2.24) is 4.37 Å². The van der Waals surface area contributed by atoms with Gasteiger partial charge in [0, 0.05) is 12.3 Å². The molecule has 0 saturated heterocycles. The van der Waals surface area contributed by atoms with Crippen LogP contribution in [-0.2, 0) is 9.84 Å². The summed E-state index contributed by atoms with van der Waals surface area (Å²) in [6.07, 6.45) is 6.93. The van der Waals surface area contributed by atoms with Crippen molar-refractivity contribution in [3.63, 3.8) is 0 Å². The van der Waals surface area contributed by atoms with Gasteiger partial charge in [0.1, 0.15) is 9.90 Å². The molecule has 1 aromatic heterocycles. The molecule has 1 saturated carbocycles. The van der Waals surface area contributed by atoms with Crippen LogP contribution < -0.4 is 11.1 Å². The lowest BCUT2D eigenvalue weighted by Gasteiger charge is -2.17. The van der Waals surface area contributed by atoms with Crippen LogP contribution in [0.1, 0.15) is 39.0 Å². The van der Waals surface area contributed by atoms with E-state index < -0.39 is 9.84 Å². The molecule has 0 radical (unpaired) electrons. The van der Waals surface area contributed by atoms with Crippen LogP contribution in [0.25, 0.3) is 0 Å². The van der Waals surface area contributed by atoms with Crippen LogP contribution in [0.2, 0.25) is 0 Å². The summed E-state index contributed by atoms with van der Waals surface area (Å²) in [7, 11) is -3.33. The van der Waals surface area contributed by atoms with Gasteiger partial charge in [-0.1, -0.05) is 19.8 Å². The van der Waals surface area contributed by atoms with Gasteiger partial charge in [0.05, 0.1) is 0 Å². The third-order valence-electron chi connectivity index (χ3n) is 3.64. The Bertz CT molecular complexity index is 539. The predicted octanol–water partition coefficient (Wildman–Crippen LogP) is 2.51. The molecule has 5 nitrogen and oxygen atoms in total. The van der Waals surface area contributed by atoms with Crippen molar-refractivity contribution in [2.24, 2.45) is 5.92 Å². The SMILES string of the molecule is CC1CCCC(Nc2snc(N)c2S(C)(=O)=O)CC1. The van der Waals surface area contributed by atoms with Crippen molar-refractivity contribution >= 4 is 32.2 Å². The summed E-state index contributed by atoms with van der Waals surface area (Å²) in [4.78, 5) is 0.162. The first kappa shape index (κ1) is 14.6. The van der Waals surface area contributed by atoms with Crippen LogP contribution in [0, 0.1) is 5.92 Å². The maximum absolute atomic E-state index is 11.7. The molecule has 2 unspecified atom stereocenters. The second-order valence-electron chi connectivity index (χ2n) is 5.45. The molecule has 1 fully saturated rings. The number of nitrogens with one attached hydrogen (secondary N) is 1. The molecular formula is C12H21N3O2S2. The van der Waals surface area contributed by atoms with Crippen LogP contribution in [0.15, 0.2) is 4.90 Å². The minimum absolute atomic E-state index is 0.108. The molecule has 3 N–H and O–H groups in total. The van der Waals surface area contributed by atoms with Crippen molar-refractivity contribution in [3.05, 3.63) is 0 Å². The normalized spacial score (nSPS) is 24.9. The number of nitrogens with two attached hydrogens (primary N) is 1. The molecule has 7 heteroatoms. The predicted molar refractivity (Wildman–Crippen MR) is 79.3 cm³/mol. The minimum Gasteiger partial charge on any atom is -0.382 e. The van der Waals surface area contributed by atoms with Gasteiger partial charge in [0.25, 0.3) is 0 Å². The Labute approximate surface area is 118 Å². The molecule has 0 bridgehead atoms. The molecule has 19 heavy (non-hydrogen) atoms. The third kappa shape index (κ3) is 3.60. The molecule has 1 heterocycles. The zero-order valence-electron chi connectivity index (χ0n) is 11.3. The molecule has 0 aromatic carbocycles. The summed E-state index contributed by atoms with van der Waals surface area (Å²) >= 11 is 1.14. The van der Waals surface area contributed by atoms with E-state index in [4.69, 9.17) is 5.73 Å². The first-order valence-electron chi connectivity index (χ1n) is 6.59. The van der Waals surface area contributed by atoms with Gasteiger partial charge in [-0.05, 0) is 36.7 Å². The number of hydrogen-bond donors (Lipinski definition) is 2. The van der Waals surface area contributed by atoms with Crippen molar-refractivity contribution in [3.8, 4) is 0 Å². The van der Waals surface area contributed by atoms with Gasteiger partial charge in [0.15, 0.2) is 15.7 Å². The van der Waals surface area contributed by atoms with Crippen molar-refractivity contribution in [1.29, 1.82) is 0 Å². The summed E-state index contributed by atoms with van der Waals surface area (Å²) in [6, 6.07) is 0.324.